The van der Waals surface area contributed by atoms with Gasteiger partial charge >= 0.3 is 0 Å². The quantitative estimate of drug-likeness (QED) is 0.870. The van der Waals surface area contributed by atoms with Crippen molar-refractivity contribution in [2.24, 2.45) is 0 Å². The molecule has 0 aliphatic carbocycles. The summed E-state index contributed by atoms with van der Waals surface area (Å²) in [7, 11) is 0. The smallest absolute Gasteiger partial charge is 0.262 e. The minimum absolute atomic E-state index is 0.218. The Balaban J connectivity index is 1.74. The van der Waals surface area contributed by atoms with Crippen LogP contribution < -0.4 is 5.32 Å². The Labute approximate surface area is 142 Å². The van der Waals surface area contributed by atoms with Crippen LogP contribution in [-0.2, 0) is 4.79 Å². The molecule has 0 aromatic heterocycles. The lowest BCUT2D eigenvalue weighted by Crippen LogP contribution is -2.37. The monoisotopic (exact) mass is 339 g/mol. The lowest BCUT2D eigenvalue weighted by molar-refractivity contribution is -0.116. The summed E-state index contributed by atoms with van der Waals surface area (Å²) in [5.41, 5.74) is 1.15. The molecule has 1 aliphatic rings. The molecule has 0 radical (unpaired) electrons. The first-order chi connectivity index (χ1) is 11.5. The second-order valence-corrected chi connectivity index (χ2v) is 5.50. The van der Waals surface area contributed by atoms with E-state index >= 15 is 0 Å². The Morgan fingerprint density at radius 1 is 1.12 bits per heavy atom. The van der Waals surface area contributed by atoms with Gasteiger partial charge in [-0.1, -0.05) is 23.7 Å². The fourth-order valence-corrected chi connectivity index (χ4v) is 2.58. The van der Waals surface area contributed by atoms with E-state index in [4.69, 9.17) is 16.9 Å². The Hall–Kier alpha value is -3.17. The highest BCUT2D eigenvalue weighted by Gasteiger charge is 2.36. The van der Waals surface area contributed by atoms with Crippen LogP contribution in [0.1, 0.15) is 26.3 Å². The van der Waals surface area contributed by atoms with Crippen molar-refractivity contribution in [2.45, 2.75) is 0 Å². The maximum Gasteiger partial charge on any atom is 0.262 e. The van der Waals surface area contributed by atoms with Gasteiger partial charge < -0.3 is 5.32 Å². The molecule has 0 unspecified atom stereocenters. The molecule has 0 spiro atoms. The van der Waals surface area contributed by atoms with Crippen LogP contribution in [0.2, 0.25) is 5.02 Å². The van der Waals surface area contributed by atoms with Gasteiger partial charge in [0.05, 0.1) is 21.7 Å². The molecule has 0 saturated carbocycles. The standard InChI is InChI=1S/C17H10ClN3O3/c18-14-6-5-11(7-10(14)8-19)20-15(22)9-21-16(23)12-3-1-2-4-13(12)17(21)24/h1-7H,9H2,(H,20,22). The van der Waals surface area contributed by atoms with Crippen molar-refractivity contribution in [1.29, 1.82) is 5.26 Å². The van der Waals surface area contributed by atoms with Crippen LogP contribution in [0.25, 0.3) is 0 Å². The molecule has 3 rings (SSSR count). The van der Waals surface area contributed by atoms with Crippen molar-refractivity contribution in [3.63, 3.8) is 0 Å². The van der Waals surface area contributed by atoms with Crippen LogP contribution >= 0.6 is 11.6 Å². The van der Waals surface area contributed by atoms with Crippen LogP contribution in [0.4, 0.5) is 5.69 Å². The highest BCUT2D eigenvalue weighted by atomic mass is 35.5. The zero-order chi connectivity index (χ0) is 17.3. The topological polar surface area (TPSA) is 90.3 Å². The van der Waals surface area contributed by atoms with Gasteiger partial charge in [-0.05, 0) is 30.3 Å². The fourth-order valence-electron chi connectivity index (χ4n) is 2.42. The van der Waals surface area contributed by atoms with Gasteiger partial charge in [-0.3, -0.25) is 19.3 Å². The average Bonchev–Trinajstić information content (AvgIpc) is 2.82. The number of anilines is 1. The maximum atomic E-state index is 12.2. The molecule has 0 saturated heterocycles. The van der Waals surface area contributed by atoms with Crippen LogP contribution in [0.15, 0.2) is 42.5 Å². The number of nitrogens with zero attached hydrogens (tertiary/aromatic N) is 2. The number of benzene rings is 2. The summed E-state index contributed by atoms with van der Waals surface area (Å²) < 4.78 is 0. The van der Waals surface area contributed by atoms with Crippen LogP contribution in [0, 0.1) is 11.3 Å². The molecular formula is C17H10ClN3O3. The Kier molecular flexibility index (Phi) is 4.02. The second-order valence-electron chi connectivity index (χ2n) is 5.10. The summed E-state index contributed by atoms with van der Waals surface area (Å²) in [6, 6.07) is 12.8. The Bertz CT molecular complexity index is 883. The van der Waals surface area contributed by atoms with Crippen LogP contribution in [0.3, 0.4) is 0 Å². The van der Waals surface area contributed by atoms with Crippen molar-refractivity contribution in [3.8, 4) is 6.07 Å². The molecule has 6 nitrogen and oxygen atoms in total. The summed E-state index contributed by atoms with van der Waals surface area (Å²) in [6.07, 6.45) is 0. The first-order valence-corrected chi connectivity index (χ1v) is 7.34. The summed E-state index contributed by atoms with van der Waals surface area (Å²) >= 11 is 5.83. The average molecular weight is 340 g/mol. The largest absolute Gasteiger partial charge is 0.324 e. The van der Waals surface area contributed by atoms with Gasteiger partial charge in [-0.15, -0.1) is 0 Å². The fraction of sp³-hybridized carbons (Fsp3) is 0.0588. The summed E-state index contributed by atoms with van der Waals surface area (Å²) in [5.74, 6) is -1.55. The minimum atomic E-state index is -0.546. The van der Waals surface area contributed by atoms with E-state index in [0.29, 0.717) is 5.69 Å². The number of carbonyl (C=O) groups is 3. The van der Waals surface area contributed by atoms with E-state index in [1.54, 1.807) is 24.3 Å². The molecule has 0 fully saturated rings. The molecule has 0 atom stereocenters. The zero-order valence-corrected chi connectivity index (χ0v) is 13.0. The van der Waals surface area contributed by atoms with Crippen molar-refractivity contribution < 1.29 is 14.4 Å². The number of hydrogen-bond donors (Lipinski definition) is 1. The number of hydrogen-bond acceptors (Lipinski definition) is 4. The zero-order valence-electron chi connectivity index (χ0n) is 12.2. The number of imide groups is 1. The molecular weight excluding hydrogens is 330 g/mol. The number of nitriles is 1. The van der Waals surface area contributed by atoms with E-state index in [9.17, 15) is 14.4 Å². The molecule has 2 aromatic rings. The normalized spacial score (nSPS) is 12.8. The summed E-state index contributed by atoms with van der Waals surface area (Å²) in [6.45, 7) is -0.406. The van der Waals surface area contributed by atoms with Crippen molar-refractivity contribution in [3.05, 3.63) is 64.2 Å². The van der Waals surface area contributed by atoms with Gasteiger partial charge in [0, 0.05) is 5.69 Å². The second kappa shape index (κ2) is 6.14. The number of carbonyl (C=O) groups excluding carboxylic acids is 3. The number of rotatable bonds is 3. The number of nitrogens with one attached hydrogen (secondary N) is 1. The molecule has 1 heterocycles. The highest BCUT2D eigenvalue weighted by molar-refractivity contribution is 6.31. The van der Waals surface area contributed by atoms with E-state index in [1.165, 1.54) is 18.2 Å². The molecule has 2 aromatic carbocycles. The van der Waals surface area contributed by atoms with E-state index in [2.05, 4.69) is 5.32 Å². The first kappa shape index (κ1) is 15.7. The Morgan fingerprint density at radius 3 is 2.33 bits per heavy atom. The van der Waals surface area contributed by atoms with Gasteiger partial charge in [0.15, 0.2) is 0 Å². The van der Waals surface area contributed by atoms with Gasteiger partial charge in [0.25, 0.3) is 11.8 Å². The third-order valence-corrected chi connectivity index (χ3v) is 3.88. The van der Waals surface area contributed by atoms with Gasteiger partial charge in [0.1, 0.15) is 12.6 Å². The molecule has 24 heavy (non-hydrogen) atoms. The highest BCUT2D eigenvalue weighted by Crippen LogP contribution is 2.23. The van der Waals surface area contributed by atoms with Crippen molar-refractivity contribution >= 4 is 35.0 Å². The van der Waals surface area contributed by atoms with Crippen molar-refractivity contribution in [2.75, 3.05) is 11.9 Å². The van der Waals surface area contributed by atoms with E-state index in [0.717, 1.165) is 4.90 Å². The lowest BCUT2D eigenvalue weighted by Gasteiger charge is -2.13. The third kappa shape index (κ3) is 2.73. The van der Waals surface area contributed by atoms with Crippen LogP contribution in [-0.4, -0.2) is 29.2 Å². The molecule has 1 aliphatic heterocycles. The molecule has 7 heteroatoms. The van der Waals surface area contributed by atoms with Gasteiger partial charge in [-0.2, -0.15) is 5.26 Å². The lowest BCUT2D eigenvalue weighted by atomic mass is 10.1. The van der Waals surface area contributed by atoms with Gasteiger partial charge in [-0.25, -0.2) is 0 Å². The maximum absolute atomic E-state index is 12.2. The van der Waals surface area contributed by atoms with E-state index < -0.39 is 24.3 Å². The van der Waals surface area contributed by atoms with E-state index in [-0.39, 0.29) is 21.7 Å². The molecule has 118 valence electrons. The number of amides is 3. The minimum Gasteiger partial charge on any atom is -0.324 e. The first-order valence-electron chi connectivity index (χ1n) is 6.96. The van der Waals surface area contributed by atoms with Crippen molar-refractivity contribution in [1.82, 2.24) is 4.90 Å². The van der Waals surface area contributed by atoms with Crippen LogP contribution in [0.5, 0.6) is 0 Å². The Morgan fingerprint density at radius 2 is 1.75 bits per heavy atom. The molecule has 1 N–H and O–H groups in total. The predicted molar refractivity (Wildman–Crippen MR) is 86.6 cm³/mol. The summed E-state index contributed by atoms with van der Waals surface area (Å²) in [5, 5.41) is 11.7. The van der Waals surface area contributed by atoms with E-state index in [1.807, 2.05) is 6.07 Å². The molecule has 3 amide bonds. The number of fused-ring (bicyclic) bond motifs is 1. The molecule has 0 bridgehead atoms. The summed E-state index contributed by atoms with van der Waals surface area (Å²) in [4.78, 5) is 37.4. The number of halogens is 1. The SMILES string of the molecule is N#Cc1cc(NC(=O)CN2C(=O)c3ccccc3C2=O)ccc1Cl. The van der Waals surface area contributed by atoms with Gasteiger partial charge in [0.2, 0.25) is 5.91 Å². The third-order valence-electron chi connectivity index (χ3n) is 3.55. The predicted octanol–water partition coefficient (Wildman–Crippen LogP) is 2.45.